The lowest BCUT2D eigenvalue weighted by atomic mass is 9.92. The van der Waals surface area contributed by atoms with Gasteiger partial charge in [0, 0.05) is 29.1 Å². The van der Waals surface area contributed by atoms with Crippen molar-refractivity contribution in [1.29, 1.82) is 0 Å². The van der Waals surface area contributed by atoms with Crippen molar-refractivity contribution < 1.29 is 18.9 Å². The van der Waals surface area contributed by atoms with Gasteiger partial charge in [-0.15, -0.1) is 0 Å². The van der Waals surface area contributed by atoms with Crippen LogP contribution < -0.4 is 30.0 Å². The van der Waals surface area contributed by atoms with Gasteiger partial charge < -0.3 is 30.0 Å². The highest BCUT2D eigenvalue weighted by Crippen LogP contribution is 2.44. The molecule has 0 aliphatic carbocycles. The van der Waals surface area contributed by atoms with E-state index in [1.807, 2.05) is 18.2 Å². The molecule has 2 aromatic carbocycles. The number of anilines is 2. The third kappa shape index (κ3) is 2.35. The van der Waals surface area contributed by atoms with Crippen LogP contribution in [-0.2, 0) is 6.42 Å². The first-order valence-electron chi connectivity index (χ1n) is 7.90. The van der Waals surface area contributed by atoms with Crippen molar-refractivity contribution in [1.82, 2.24) is 0 Å². The molecular weight excluding hydrogens is 308 g/mol. The normalized spacial score (nSPS) is 17.8. The molecule has 2 aliphatic rings. The minimum atomic E-state index is 0.109. The molecule has 3 N–H and O–H groups in total. The molecule has 0 fully saturated rings. The van der Waals surface area contributed by atoms with E-state index in [9.17, 15) is 0 Å². The van der Waals surface area contributed by atoms with Crippen molar-refractivity contribution >= 4 is 11.4 Å². The fourth-order valence-corrected chi connectivity index (χ4v) is 3.33. The van der Waals surface area contributed by atoms with Crippen molar-refractivity contribution in [3.8, 4) is 23.0 Å². The van der Waals surface area contributed by atoms with Crippen LogP contribution in [0, 0.1) is 0 Å². The van der Waals surface area contributed by atoms with Crippen LogP contribution in [0.15, 0.2) is 24.3 Å². The third-order valence-corrected chi connectivity index (χ3v) is 4.60. The molecule has 4 rings (SSSR count). The first-order valence-corrected chi connectivity index (χ1v) is 7.90. The molecule has 0 radical (unpaired) electrons. The summed E-state index contributed by atoms with van der Waals surface area (Å²) in [7, 11) is 3.23. The number of nitrogen functional groups attached to an aromatic ring is 1. The van der Waals surface area contributed by atoms with Gasteiger partial charge >= 0.3 is 0 Å². The van der Waals surface area contributed by atoms with Crippen molar-refractivity contribution in [2.24, 2.45) is 0 Å². The van der Waals surface area contributed by atoms with Gasteiger partial charge in [0.05, 0.1) is 20.3 Å². The van der Waals surface area contributed by atoms with Crippen LogP contribution in [-0.4, -0.2) is 21.0 Å². The second-order valence-electron chi connectivity index (χ2n) is 5.93. The maximum Gasteiger partial charge on any atom is 0.231 e. The third-order valence-electron chi connectivity index (χ3n) is 4.60. The number of nitrogens with one attached hydrogen (secondary N) is 1. The Kier molecular flexibility index (Phi) is 3.52. The molecule has 1 atom stereocenters. The summed E-state index contributed by atoms with van der Waals surface area (Å²) in [5.74, 6) is 2.92. The number of methoxy groups -OCH3 is 2. The van der Waals surface area contributed by atoms with Crippen LogP contribution >= 0.6 is 0 Å². The summed E-state index contributed by atoms with van der Waals surface area (Å²) in [6.45, 7) is 0.282. The molecule has 6 nitrogen and oxygen atoms in total. The zero-order chi connectivity index (χ0) is 16.7. The molecule has 0 aromatic heterocycles. The highest BCUT2D eigenvalue weighted by atomic mass is 16.7. The molecule has 2 heterocycles. The van der Waals surface area contributed by atoms with Gasteiger partial charge in [-0.05, 0) is 30.5 Å². The van der Waals surface area contributed by atoms with E-state index in [0.29, 0.717) is 17.2 Å². The van der Waals surface area contributed by atoms with Crippen LogP contribution in [0.5, 0.6) is 23.0 Å². The Balaban J connectivity index is 1.67. The largest absolute Gasteiger partial charge is 0.493 e. The van der Waals surface area contributed by atoms with Gasteiger partial charge in [0.1, 0.15) is 0 Å². The molecular formula is C18H20N2O4. The zero-order valence-corrected chi connectivity index (χ0v) is 13.7. The van der Waals surface area contributed by atoms with Crippen LogP contribution in [0.4, 0.5) is 11.4 Å². The van der Waals surface area contributed by atoms with E-state index in [1.54, 1.807) is 14.2 Å². The summed E-state index contributed by atoms with van der Waals surface area (Å²) in [4.78, 5) is 0. The number of aryl methyl sites for hydroxylation is 1. The van der Waals surface area contributed by atoms with Gasteiger partial charge in [-0.1, -0.05) is 0 Å². The molecule has 126 valence electrons. The van der Waals surface area contributed by atoms with Crippen molar-refractivity contribution in [3.63, 3.8) is 0 Å². The number of hydrogen-bond donors (Lipinski definition) is 2. The molecule has 0 amide bonds. The Morgan fingerprint density at radius 2 is 1.75 bits per heavy atom. The topological polar surface area (TPSA) is 75.0 Å². The molecule has 24 heavy (non-hydrogen) atoms. The van der Waals surface area contributed by atoms with Gasteiger partial charge in [0.2, 0.25) is 6.79 Å². The molecule has 2 aliphatic heterocycles. The smallest absolute Gasteiger partial charge is 0.231 e. The Morgan fingerprint density at radius 3 is 2.50 bits per heavy atom. The Labute approximate surface area is 140 Å². The van der Waals surface area contributed by atoms with Crippen LogP contribution in [0.2, 0.25) is 0 Å². The van der Waals surface area contributed by atoms with E-state index in [1.165, 1.54) is 5.56 Å². The van der Waals surface area contributed by atoms with E-state index in [2.05, 4.69) is 11.4 Å². The van der Waals surface area contributed by atoms with Gasteiger partial charge in [0.15, 0.2) is 23.0 Å². The summed E-state index contributed by atoms with van der Waals surface area (Å²) >= 11 is 0. The second kappa shape index (κ2) is 5.70. The minimum absolute atomic E-state index is 0.109. The quantitative estimate of drug-likeness (QED) is 0.843. The second-order valence-corrected chi connectivity index (χ2v) is 5.93. The minimum Gasteiger partial charge on any atom is -0.493 e. The van der Waals surface area contributed by atoms with Crippen LogP contribution in [0.1, 0.15) is 23.6 Å². The Bertz CT molecular complexity index is 791. The van der Waals surface area contributed by atoms with Gasteiger partial charge in [-0.25, -0.2) is 0 Å². The predicted molar refractivity (Wildman–Crippen MR) is 91.2 cm³/mol. The summed E-state index contributed by atoms with van der Waals surface area (Å²) in [6, 6.07) is 7.92. The maximum atomic E-state index is 6.24. The summed E-state index contributed by atoms with van der Waals surface area (Å²) < 4.78 is 21.6. The lowest BCUT2D eigenvalue weighted by Gasteiger charge is -2.29. The molecule has 2 aromatic rings. The number of ether oxygens (including phenoxy) is 4. The number of fused-ring (bicyclic) bond motifs is 2. The first-order chi connectivity index (χ1) is 11.7. The molecule has 0 bridgehead atoms. The monoisotopic (exact) mass is 328 g/mol. The fraction of sp³-hybridized carbons (Fsp3) is 0.333. The highest BCUT2D eigenvalue weighted by molar-refractivity contribution is 5.66. The van der Waals surface area contributed by atoms with Gasteiger partial charge in [0.25, 0.3) is 0 Å². The average molecular weight is 328 g/mol. The van der Waals surface area contributed by atoms with E-state index in [-0.39, 0.29) is 12.8 Å². The lowest BCUT2D eigenvalue weighted by Crippen LogP contribution is -2.19. The fourth-order valence-electron chi connectivity index (χ4n) is 3.33. The zero-order valence-electron chi connectivity index (χ0n) is 13.7. The molecule has 0 saturated heterocycles. The van der Waals surface area contributed by atoms with Gasteiger partial charge in [-0.2, -0.15) is 0 Å². The molecule has 6 heteroatoms. The Hall–Kier alpha value is -2.76. The predicted octanol–water partition coefficient (Wildman–Crippen LogP) is 3.11. The molecule has 1 unspecified atom stereocenters. The maximum absolute atomic E-state index is 6.24. The first kappa shape index (κ1) is 14.8. The number of benzene rings is 2. The van der Waals surface area contributed by atoms with Crippen LogP contribution in [0.3, 0.4) is 0 Å². The number of rotatable bonds is 3. The lowest BCUT2D eigenvalue weighted by molar-refractivity contribution is 0.174. The summed E-state index contributed by atoms with van der Waals surface area (Å²) in [5, 5.41) is 3.56. The highest BCUT2D eigenvalue weighted by Gasteiger charge is 2.25. The summed E-state index contributed by atoms with van der Waals surface area (Å²) in [6.07, 6.45) is 1.88. The van der Waals surface area contributed by atoms with Crippen molar-refractivity contribution in [2.45, 2.75) is 18.9 Å². The van der Waals surface area contributed by atoms with Crippen molar-refractivity contribution in [3.05, 3.63) is 35.4 Å². The number of nitrogens with two attached hydrogens (primary N) is 1. The molecule has 0 saturated carbocycles. The van der Waals surface area contributed by atoms with E-state index < -0.39 is 0 Å². The number of hydrogen-bond acceptors (Lipinski definition) is 6. The van der Waals surface area contributed by atoms with Gasteiger partial charge in [-0.3, -0.25) is 0 Å². The van der Waals surface area contributed by atoms with E-state index in [4.69, 9.17) is 24.7 Å². The van der Waals surface area contributed by atoms with Crippen molar-refractivity contribution in [2.75, 3.05) is 32.1 Å². The Morgan fingerprint density at radius 1 is 1.04 bits per heavy atom. The van der Waals surface area contributed by atoms with E-state index >= 15 is 0 Å². The van der Waals surface area contributed by atoms with Crippen LogP contribution in [0.25, 0.3) is 0 Å². The molecule has 0 spiro atoms. The average Bonchev–Trinajstić information content (AvgIpc) is 3.06. The standard InChI is InChI=1S/C18H20N2O4/c1-21-15-6-11(12(19)7-16(15)22-2)13-4-3-10-5-17-18(24-9-23-17)8-14(10)20-13/h5-8,13,20H,3-4,9,19H2,1-2H3. The van der Waals surface area contributed by atoms with E-state index in [0.717, 1.165) is 35.6 Å². The summed E-state index contributed by atoms with van der Waals surface area (Å²) in [5.41, 5.74) is 10.2. The SMILES string of the molecule is COc1cc(N)c(C2CCc3cc4c(cc3N2)OCO4)cc1OC.